The highest BCUT2D eigenvalue weighted by Crippen LogP contribution is 2.20. The van der Waals surface area contributed by atoms with Crippen molar-refractivity contribution in [2.45, 2.75) is 13.8 Å². The predicted octanol–water partition coefficient (Wildman–Crippen LogP) is 2.32. The third-order valence-corrected chi connectivity index (χ3v) is 4.31. The van der Waals surface area contributed by atoms with Gasteiger partial charge in [0.25, 0.3) is 5.91 Å². The Labute approximate surface area is 157 Å². The Morgan fingerprint density at radius 1 is 1.07 bits per heavy atom. The van der Waals surface area contributed by atoms with E-state index in [1.165, 1.54) is 0 Å². The number of amides is 2. The minimum absolute atomic E-state index is 0.131. The van der Waals surface area contributed by atoms with Gasteiger partial charge in [0.2, 0.25) is 5.91 Å². The molecule has 2 aromatic carbocycles. The summed E-state index contributed by atoms with van der Waals surface area (Å²) in [6, 6.07) is 13.5. The molecule has 7 heteroatoms. The average molecular weight is 366 g/mol. The van der Waals surface area contributed by atoms with Gasteiger partial charge < -0.3 is 15.4 Å². The summed E-state index contributed by atoms with van der Waals surface area (Å²) in [6.07, 6.45) is 0. The molecule has 140 valence electrons. The molecule has 0 atom stereocenters. The lowest BCUT2D eigenvalue weighted by Gasteiger charge is -2.09. The van der Waals surface area contributed by atoms with Crippen LogP contribution in [0.4, 0.5) is 5.69 Å². The van der Waals surface area contributed by atoms with Crippen LogP contribution in [-0.4, -0.2) is 34.7 Å². The summed E-state index contributed by atoms with van der Waals surface area (Å²) in [5.41, 5.74) is 2.25. The van der Waals surface area contributed by atoms with Gasteiger partial charge in [0.15, 0.2) is 6.61 Å². The second-order valence-electron chi connectivity index (χ2n) is 6.29. The molecule has 0 aliphatic carbocycles. The quantitative estimate of drug-likeness (QED) is 0.701. The van der Waals surface area contributed by atoms with Crippen molar-refractivity contribution in [1.82, 2.24) is 15.1 Å². The monoisotopic (exact) mass is 366 g/mol. The zero-order chi connectivity index (χ0) is 19.4. The highest BCUT2D eigenvalue weighted by atomic mass is 16.5. The summed E-state index contributed by atoms with van der Waals surface area (Å²) < 4.78 is 7.21. The standard InChI is InChI=1S/C20H22N4O3/c1-13-20(14(2)24(3)23-13)22-18(25)11-21-19(26)12-27-17-9-8-15-6-4-5-7-16(15)10-17/h4-10H,11-12H2,1-3H3,(H,21,26)(H,22,25). The highest BCUT2D eigenvalue weighted by Gasteiger charge is 2.13. The number of nitrogens with one attached hydrogen (secondary N) is 2. The minimum Gasteiger partial charge on any atom is -0.484 e. The van der Waals surface area contributed by atoms with Gasteiger partial charge in [-0.1, -0.05) is 30.3 Å². The summed E-state index contributed by atoms with van der Waals surface area (Å²) in [5.74, 6) is -0.0684. The van der Waals surface area contributed by atoms with Crippen LogP contribution >= 0.6 is 0 Å². The van der Waals surface area contributed by atoms with E-state index >= 15 is 0 Å². The first kappa shape index (κ1) is 18.4. The number of fused-ring (bicyclic) bond motifs is 1. The number of hydrogen-bond donors (Lipinski definition) is 2. The molecule has 0 bridgehead atoms. The lowest BCUT2D eigenvalue weighted by Crippen LogP contribution is -2.35. The number of benzene rings is 2. The van der Waals surface area contributed by atoms with E-state index in [1.807, 2.05) is 63.4 Å². The molecule has 3 aromatic rings. The molecule has 0 spiro atoms. The smallest absolute Gasteiger partial charge is 0.258 e. The lowest BCUT2D eigenvalue weighted by atomic mass is 10.1. The fourth-order valence-corrected chi connectivity index (χ4v) is 2.77. The van der Waals surface area contributed by atoms with Crippen LogP contribution in [0.15, 0.2) is 42.5 Å². The van der Waals surface area contributed by atoms with Crippen LogP contribution in [0.1, 0.15) is 11.4 Å². The molecule has 0 saturated carbocycles. The Kier molecular flexibility index (Phi) is 5.40. The first-order valence-corrected chi connectivity index (χ1v) is 8.62. The van der Waals surface area contributed by atoms with Gasteiger partial charge in [-0.15, -0.1) is 0 Å². The van der Waals surface area contributed by atoms with Gasteiger partial charge in [-0.2, -0.15) is 5.10 Å². The molecule has 0 aliphatic heterocycles. The summed E-state index contributed by atoms with van der Waals surface area (Å²) in [7, 11) is 1.81. The second-order valence-corrected chi connectivity index (χ2v) is 6.29. The number of nitrogens with zero attached hydrogens (tertiary/aromatic N) is 2. The molecule has 1 aromatic heterocycles. The van der Waals surface area contributed by atoms with E-state index in [9.17, 15) is 9.59 Å². The second kappa shape index (κ2) is 7.90. The van der Waals surface area contributed by atoms with E-state index in [2.05, 4.69) is 15.7 Å². The molecule has 0 unspecified atom stereocenters. The molecule has 1 heterocycles. The van der Waals surface area contributed by atoms with Gasteiger partial charge in [-0.25, -0.2) is 0 Å². The molecular weight excluding hydrogens is 344 g/mol. The van der Waals surface area contributed by atoms with Gasteiger partial charge in [0.1, 0.15) is 5.75 Å². The maximum Gasteiger partial charge on any atom is 0.258 e. The molecule has 0 radical (unpaired) electrons. The molecule has 7 nitrogen and oxygen atoms in total. The van der Waals surface area contributed by atoms with Crippen LogP contribution in [0.2, 0.25) is 0 Å². The number of ether oxygens (including phenoxy) is 1. The average Bonchev–Trinajstić information content (AvgIpc) is 2.90. The van der Waals surface area contributed by atoms with Gasteiger partial charge >= 0.3 is 0 Å². The van der Waals surface area contributed by atoms with Gasteiger partial charge in [0, 0.05) is 7.05 Å². The first-order chi connectivity index (χ1) is 12.9. The maximum absolute atomic E-state index is 12.0. The van der Waals surface area contributed by atoms with E-state index in [0.717, 1.165) is 22.2 Å². The molecule has 2 N–H and O–H groups in total. The SMILES string of the molecule is Cc1nn(C)c(C)c1NC(=O)CNC(=O)COc1ccc2ccccc2c1. The Morgan fingerprint density at radius 2 is 1.81 bits per heavy atom. The number of aryl methyl sites for hydroxylation is 2. The molecule has 0 aliphatic rings. The van der Waals surface area contributed by atoms with Crippen molar-refractivity contribution in [3.05, 3.63) is 53.9 Å². The van der Waals surface area contributed by atoms with Crippen LogP contribution in [0.25, 0.3) is 10.8 Å². The van der Waals surface area contributed by atoms with E-state index < -0.39 is 0 Å². The number of carbonyl (C=O) groups excluding carboxylic acids is 2. The number of rotatable bonds is 6. The van der Waals surface area contributed by atoms with Crippen LogP contribution in [0, 0.1) is 13.8 Å². The molecule has 0 fully saturated rings. The van der Waals surface area contributed by atoms with E-state index in [4.69, 9.17) is 4.74 Å². The number of hydrogen-bond acceptors (Lipinski definition) is 4. The Balaban J connectivity index is 1.48. The fraction of sp³-hybridized carbons (Fsp3) is 0.250. The van der Waals surface area contributed by atoms with Gasteiger partial charge in [0.05, 0.1) is 23.6 Å². The normalized spacial score (nSPS) is 10.6. The number of carbonyl (C=O) groups is 2. The van der Waals surface area contributed by atoms with Crippen molar-refractivity contribution in [1.29, 1.82) is 0 Å². The first-order valence-electron chi connectivity index (χ1n) is 8.62. The van der Waals surface area contributed by atoms with Crippen LogP contribution in [0.3, 0.4) is 0 Å². The third kappa shape index (κ3) is 4.44. The molecule has 3 rings (SSSR count). The Bertz CT molecular complexity index is 994. The summed E-state index contributed by atoms with van der Waals surface area (Å²) in [6.45, 7) is 3.40. The summed E-state index contributed by atoms with van der Waals surface area (Å²) >= 11 is 0. The lowest BCUT2D eigenvalue weighted by molar-refractivity contribution is -0.125. The molecular formula is C20H22N4O3. The zero-order valence-electron chi connectivity index (χ0n) is 15.6. The predicted molar refractivity (Wildman–Crippen MR) is 104 cm³/mol. The van der Waals surface area contributed by atoms with E-state index in [1.54, 1.807) is 4.68 Å². The van der Waals surface area contributed by atoms with Crippen molar-refractivity contribution < 1.29 is 14.3 Å². The maximum atomic E-state index is 12.0. The Hall–Kier alpha value is -3.35. The largest absolute Gasteiger partial charge is 0.484 e. The van der Waals surface area contributed by atoms with Gasteiger partial charge in [-0.05, 0) is 36.8 Å². The molecule has 0 saturated heterocycles. The van der Waals surface area contributed by atoms with E-state index in [-0.39, 0.29) is 25.0 Å². The van der Waals surface area contributed by atoms with Crippen molar-refractivity contribution >= 4 is 28.3 Å². The van der Waals surface area contributed by atoms with Crippen LogP contribution < -0.4 is 15.4 Å². The van der Waals surface area contributed by atoms with Crippen molar-refractivity contribution in [3.63, 3.8) is 0 Å². The number of anilines is 1. The third-order valence-electron chi connectivity index (χ3n) is 4.31. The van der Waals surface area contributed by atoms with Crippen molar-refractivity contribution in [2.24, 2.45) is 7.05 Å². The highest BCUT2D eigenvalue weighted by molar-refractivity contribution is 5.95. The summed E-state index contributed by atoms with van der Waals surface area (Å²) in [4.78, 5) is 24.0. The molecule has 2 amide bonds. The zero-order valence-corrected chi connectivity index (χ0v) is 15.6. The van der Waals surface area contributed by atoms with Crippen LogP contribution in [-0.2, 0) is 16.6 Å². The summed E-state index contributed by atoms with van der Waals surface area (Å²) in [5, 5.41) is 11.7. The van der Waals surface area contributed by atoms with Crippen LogP contribution in [0.5, 0.6) is 5.75 Å². The van der Waals surface area contributed by atoms with Gasteiger partial charge in [-0.3, -0.25) is 14.3 Å². The van der Waals surface area contributed by atoms with Crippen molar-refractivity contribution in [3.8, 4) is 5.75 Å². The van der Waals surface area contributed by atoms with E-state index in [0.29, 0.717) is 11.4 Å². The fourth-order valence-electron chi connectivity index (χ4n) is 2.77. The minimum atomic E-state index is -0.363. The Morgan fingerprint density at radius 3 is 2.52 bits per heavy atom. The number of aromatic nitrogens is 2. The molecule has 27 heavy (non-hydrogen) atoms. The topological polar surface area (TPSA) is 85.3 Å². The van der Waals surface area contributed by atoms with Crippen molar-refractivity contribution in [2.75, 3.05) is 18.5 Å².